The van der Waals surface area contributed by atoms with E-state index in [2.05, 4.69) is 10.1 Å². The summed E-state index contributed by atoms with van der Waals surface area (Å²) in [5.74, 6) is -0.351. The number of halogens is 2. The van der Waals surface area contributed by atoms with E-state index in [0.29, 0.717) is 19.4 Å². The van der Waals surface area contributed by atoms with Crippen molar-refractivity contribution in [1.29, 1.82) is 0 Å². The molecule has 96 valence electrons. The van der Waals surface area contributed by atoms with Crippen LogP contribution in [0.25, 0.3) is 0 Å². The Balaban J connectivity index is 1.73. The lowest BCUT2D eigenvalue weighted by atomic mass is 9.96. The Morgan fingerprint density at radius 2 is 2.18 bits per heavy atom. The van der Waals surface area contributed by atoms with Crippen LogP contribution in [-0.4, -0.2) is 49.1 Å². The Morgan fingerprint density at radius 3 is 2.71 bits per heavy atom. The summed E-state index contributed by atoms with van der Waals surface area (Å²) >= 11 is 0. The second-order valence-electron chi connectivity index (χ2n) is 4.30. The molecule has 1 atom stereocenters. The number of nitrogens with zero attached hydrogens (tertiary/aromatic N) is 1. The summed E-state index contributed by atoms with van der Waals surface area (Å²) in [5.41, 5.74) is 0. The maximum Gasteiger partial charge on any atom is 0.345 e. The van der Waals surface area contributed by atoms with Crippen LogP contribution in [0.1, 0.15) is 12.8 Å². The number of alkyl halides is 2. The maximum atomic E-state index is 11.9. The van der Waals surface area contributed by atoms with E-state index in [1.807, 2.05) is 0 Å². The molecule has 0 bridgehead atoms. The van der Waals surface area contributed by atoms with E-state index in [0.717, 1.165) is 0 Å². The summed E-state index contributed by atoms with van der Waals surface area (Å²) in [6.45, 7) is -2.01. The molecule has 0 aliphatic carbocycles. The van der Waals surface area contributed by atoms with E-state index < -0.39 is 12.7 Å². The summed E-state index contributed by atoms with van der Waals surface area (Å²) in [4.78, 5) is 24.3. The molecular formula is C10H14F2N2O3. The van der Waals surface area contributed by atoms with Crippen molar-refractivity contribution in [3.8, 4) is 0 Å². The van der Waals surface area contributed by atoms with Gasteiger partial charge in [0.25, 0.3) is 0 Å². The van der Waals surface area contributed by atoms with Crippen LogP contribution in [0.2, 0.25) is 0 Å². The molecule has 2 amide bonds. The number of hydrogen-bond acceptors (Lipinski definition) is 3. The average Bonchev–Trinajstić information content (AvgIpc) is 2.23. The number of nitrogens with one attached hydrogen (secondary N) is 1. The molecule has 2 rings (SSSR count). The third kappa shape index (κ3) is 2.91. The fourth-order valence-electron chi connectivity index (χ4n) is 2.05. The monoisotopic (exact) mass is 248 g/mol. The van der Waals surface area contributed by atoms with E-state index in [1.54, 1.807) is 0 Å². The molecule has 0 saturated carbocycles. The van der Waals surface area contributed by atoms with E-state index in [9.17, 15) is 18.4 Å². The summed E-state index contributed by atoms with van der Waals surface area (Å²) in [5, 5.41) is 2.62. The number of piperidine rings is 1. The number of carbonyl (C=O) groups excluding carboxylic acids is 2. The van der Waals surface area contributed by atoms with Crippen LogP contribution in [0.3, 0.4) is 0 Å². The highest BCUT2D eigenvalue weighted by molar-refractivity contribution is 5.84. The average molecular weight is 248 g/mol. The van der Waals surface area contributed by atoms with Crippen molar-refractivity contribution in [3.05, 3.63) is 0 Å². The summed E-state index contributed by atoms with van der Waals surface area (Å²) in [6, 6.07) is 0. The van der Waals surface area contributed by atoms with Gasteiger partial charge in [0.2, 0.25) is 11.8 Å². The lowest BCUT2D eigenvalue weighted by Crippen LogP contribution is -2.58. The van der Waals surface area contributed by atoms with Crippen LogP contribution in [0.15, 0.2) is 0 Å². The van der Waals surface area contributed by atoms with Crippen LogP contribution in [0, 0.1) is 5.92 Å². The third-order valence-corrected chi connectivity index (χ3v) is 3.07. The smallest absolute Gasteiger partial charge is 0.345 e. The van der Waals surface area contributed by atoms with E-state index in [4.69, 9.17) is 0 Å². The van der Waals surface area contributed by atoms with E-state index >= 15 is 0 Å². The molecule has 1 unspecified atom stereocenters. The van der Waals surface area contributed by atoms with Gasteiger partial charge in [-0.1, -0.05) is 0 Å². The fraction of sp³-hybridized carbons (Fsp3) is 0.800. The fourth-order valence-corrected chi connectivity index (χ4v) is 2.05. The van der Waals surface area contributed by atoms with E-state index in [1.165, 1.54) is 4.90 Å². The normalized spacial score (nSPS) is 25.7. The SMILES string of the molecule is O=C1CCC(C(=O)N2CC(OC(F)F)C2)CN1. The summed E-state index contributed by atoms with van der Waals surface area (Å²) in [6.07, 6.45) is 0.320. The lowest BCUT2D eigenvalue weighted by molar-refractivity contribution is -0.200. The highest BCUT2D eigenvalue weighted by Crippen LogP contribution is 2.20. The molecule has 2 saturated heterocycles. The molecule has 0 aromatic rings. The highest BCUT2D eigenvalue weighted by Gasteiger charge is 2.37. The van der Waals surface area contributed by atoms with Gasteiger partial charge in [0, 0.05) is 26.1 Å². The lowest BCUT2D eigenvalue weighted by Gasteiger charge is -2.40. The van der Waals surface area contributed by atoms with Crippen molar-refractivity contribution in [2.75, 3.05) is 19.6 Å². The molecule has 0 spiro atoms. The predicted octanol–water partition coefficient (Wildman–Crippen LogP) is -0.0374. The van der Waals surface area contributed by atoms with Crippen LogP contribution in [0.5, 0.6) is 0 Å². The minimum Gasteiger partial charge on any atom is -0.355 e. The summed E-state index contributed by atoms with van der Waals surface area (Å²) < 4.78 is 28.0. The quantitative estimate of drug-likeness (QED) is 0.762. The molecule has 7 heteroatoms. The van der Waals surface area contributed by atoms with Gasteiger partial charge in [0.15, 0.2) is 0 Å². The summed E-state index contributed by atoms with van der Waals surface area (Å²) in [7, 11) is 0. The zero-order valence-electron chi connectivity index (χ0n) is 9.20. The molecule has 2 fully saturated rings. The second-order valence-corrected chi connectivity index (χ2v) is 4.30. The molecule has 0 radical (unpaired) electrons. The van der Waals surface area contributed by atoms with Gasteiger partial charge in [-0.05, 0) is 6.42 Å². The number of amides is 2. The zero-order chi connectivity index (χ0) is 12.4. The van der Waals surface area contributed by atoms with Gasteiger partial charge in [0.1, 0.15) is 0 Å². The van der Waals surface area contributed by atoms with Crippen molar-refractivity contribution in [1.82, 2.24) is 10.2 Å². The van der Waals surface area contributed by atoms with Gasteiger partial charge in [0.05, 0.1) is 12.0 Å². The van der Waals surface area contributed by atoms with Crippen LogP contribution < -0.4 is 5.32 Å². The van der Waals surface area contributed by atoms with Crippen molar-refractivity contribution >= 4 is 11.8 Å². The number of hydrogen-bond donors (Lipinski definition) is 1. The largest absolute Gasteiger partial charge is 0.355 e. The van der Waals surface area contributed by atoms with Crippen molar-refractivity contribution in [3.63, 3.8) is 0 Å². The van der Waals surface area contributed by atoms with Crippen molar-refractivity contribution in [2.45, 2.75) is 25.6 Å². The number of rotatable bonds is 3. The van der Waals surface area contributed by atoms with Gasteiger partial charge in [-0.2, -0.15) is 8.78 Å². The third-order valence-electron chi connectivity index (χ3n) is 3.07. The van der Waals surface area contributed by atoms with Crippen molar-refractivity contribution < 1.29 is 23.1 Å². The Morgan fingerprint density at radius 1 is 1.47 bits per heavy atom. The van der Waals surface area contributed by atoms with Gasteiger partial charge >= 0.3 is 6.61 Å². The first kappa shape index (κ1) is 12.2. The highest BCUT2D eigenvalue weighted by atomic mass is 19.3. The molecule has 1 N–H and O–H groups in total. The molecule has 2 aliphatic rings. The first-order valence-corrected chi connectivity index (χ1v) is 5.55. The van der Waals surface area contributed by atoms with Gasteiger partial charge in [-0.3, -0.25) is 9.59 Å². The Labute approximate surface area is 97.1 Å². The Hall–Kier alpha value is -1.24. The molecule has 5 nitrogen and oxygen atoms in total. The molecule has 2 aliphatic heterocycles. The van der Waals surface area contributed by atoms with E-state index in [-0.39, 0.29) is 30.8 Å². The van der Waals surface area contributed by atoms with Gasteiger partial charge in [-0.15, -0.1) is 0 Å². The molecule has 0 aromatic carbocycles. The molecule has 17 heavy (non-hydrogen) atoms. The Bertz CT molecular complexity index is 309. The zero-order valence-corrected chi connectivity index (χ0v) is 9.20. The van der Waals surface area contributed by atoms with Crippen LogP contribution >= 0.6 is 0 Å². The topological polar surface area (TPSA) is 58.6 Å². The number of likely N-dealkylation sites (tertiary alicyclic amines) is 1. The molecular weight excluding hydrogens is 234 g/mol. The molecule has 2 heterocycles. The molecule has 0 aromatic heterocycles. The first-order chi connectivity index (χ1) is 8.06. The standard InChI is InChI=1S/C10H14F2N2O3/c11-10(12)17-7-4-14(5-7)9(16)6-1-2-8(15)13-3-6/h6-7,10H,1-5H2,(H,13,15). The predicted molar refractivity (Wildman–Crippen MR) is 53.2 cm³/mol. The maximum absolute atomic E-state index is 11.9. The van der Waals surface area contributed by atoms with Crippen LogP contribution in [0.4, 0.5) is 8.78 Å². The van der Waals surface area contributed by atoms with Gasteiger partial charge in [-0.25, -0.2) is 0 Å². The van der Waals surface area contributed by atoms with Crippen LogP contribution in [-0.2, 0) is 14.3 Å². The number of carbonyl (C=O) groups is 2. The number of ether oxygens (including phenoxy) is 1. The Kier molecular flexibility index (Phi) is 3.56. The minimum absolute atomic E-state index is 0.0448. The van der Waals surface area contributed by atoms with Crippen molar-refractivity contribution in [2.24, 2.45) is 5.92 Å². The minimum atomic E-state index is -2.79. The second kappa shape index (κ2) is 4.95. The van der Waals surface area contributed by atoms with Gasteiger partial charge < -0.3 is 15.0 Å². The first-order valence-electron chi connectivity index (χ1n) is 5.55.